The Hall–Kier alpha value is -1.36. The number of methoxy groups -OCH3 is 1. The van der Waals surface area contributed by atoms with Crippen LogP contribution in [0.3, 0.4) is 0 Å². The standard InChI is InChI=1S/C12H14BrNO3/c1-3-10(13)11(15)14-9-6-4-5-8(7-9)12(16)17-2/h4-7,10H,3H2,1-2H3,(H,14,15). The third-order valence-electron chi connectivity index (χ3n) is 2.19. The van der Waals surface area contributed by atoms with Gasteiger partial charge in [0.05, 0.1) is 17.5 Å². The number of anilines is 1. The van der Waals surface area contributed by atoms with Gasteiger partial charge in [-0.3, -0.25) is 4.79 Å². The highest BCUT2D eigenvalue weighted by Gasteiger charge is 2.13. The molecule has 0 spiro atoms. The van der Waals surface area contributed by atoms with E-state index < -0.39 is 5.97 Å². The molecule has 0 saturated heterocycles. The van der Waals surface area contributed by atoms with Crippen LogP contribution < -0.4 is 5.32 Å². The van der Waals surface area contributed by atoms with Crippen LogP contribution in [-0.4, -0.2) is 23.8 Å². The lowest BCUT2D eigenvalue weighted by Crippen LogP contribution is -2.22. The number of benzene rings is 1. The molecule has 1 aromatic rings. The molecule has 92 valence electrons. The van der Waals surface area contributed by atoms with Gasteiger partial charge in [-0.25, -0.2) is 4.79 Å². The number of esters is 1. The van der Waals surface area contributed by atoms with E-state index in [2.05, 4.69) is 26.0 Å². The zero-order valence-electron chi connectivity index (χ0n) is 9.70. The van der Waals surface area contributed by atoms with Crippen molar-refractivity contribution in [2.75, 3.05) is 12.4 Å². The SMILES string of the molecule is CCC(Br)C(=O)Nc1cccc(C(=O)OC)c1. The topological polar surface area (TPSA) is 55.4 Å². The molecule has 1 atom stereocenters. The summed E-state index contributed by atoms with van der Waals surface area (Å²) in [4.78, 5) is 22.7. The number of hydrogen-bond donors (Lipinski definition) is 1. The number of carbonyl (C=O) groups excluding carboxylic acids is 2. The number of rotatable bonds is 4. The predicted molar refractivity (Wildman–Crippen MR) is 69.4 cm³/mol. The summed E-state index contributed by atoms with van der Waals surface area (Å²) in [6.45, 7) is 1.91. The van der Waals surface area contributed by atoms with Crippen molar-refractivity contribution in [3.8, 4) is 0 Å². The third kappa shape index (κ3) is 3.85. The fourth-order valence-corrected chi connectivity index (χ4v) is 1.36. The van der Waals surface area contributed by atoms with Crippen LogP contribution in [0.2, 0.25) is 0 Å². The van der Waals surface area contributed by atoms with Gasteiger partial charge in [-0.1, -0.05) is 28.9 Å². The van der Waals surface area contributed by atoms with E-state index in [0.717, 1.165) is 0 Å². The van der Waals surface area contributed by atoms with Gasteiger partial charge in [0.2, 0.25) is 5.91 Å². The zero-order valence-corrected chi connectivity index (χ0v) is 11.3. The molecule has 0 heterocycles. The lowest BCUT2D eigenvalue weighted by molar-refractivity contribution is -0.115. The largest absolute Gasteiger partial charge is 0.465 e. The minimum Gasteiger partial charge on any atom is -0.465 e. The normalized spacial score (nSPS) is 11.7. The molecular weight excluding hydrogens is 286 g/mol. The second-order valence-electron chi connectivity index (χ2n) is 3.44. The van der Waals surface area contributed by atoms with Crippen LogP contribution in [-0.2, 0) is 9.53 Å². The maximum absolute atomic E-state index is 11.6. The third-order valence-corrected chi connectivity index (χ3v) is 3.26. The van der Waals surface area contributed by atoms with Gasteiger partial charge in [0, 0.05) is 5.69 Å². The predicted octanol–water partition coefficient (Wildman–Crippen LogP) is 2.59. The molecule has 0 aliphatic rings. The van der Waals surface area contributed by atoms with Gasteiger partial charge >= 0.3 is 5.97 Å². The number of carbonyl (C=O) groups is 2. The first kappa shape index (κ1) is 13.7. The Morgan fingerprint density at radius 2 is 2.18 bits per heavy atom. The van der Waals surface area contributed by atoms with Crippen molar-refractivity contribution in [3.63, 3.8) is 0 Å². The highest BCUT2D eigenvalue weighted by molar-refractivity contribution is 9.10. The molecule has 1 amide bonds. The van der Waals surface area contributed by atoms with Crippen LogP contribution in [0, 0.1) is 0 Å². The zero-order chi connectivity index (χ0) is 12.8. The number of halogens is 1. The first-order chi connectivity index (χ1) is 8.08. The van der Waals surface area contributed by atoms with Gasteiger partial charge in [0.1, 0.15) is 0 Å². The Morgan fingerprint density at radius 1 is 1.47 bits per heavy atom. The Morgan fingerprint density at radius 3 is 2.76 bits per heavy atom. The summed E-state index contributed by atoms with van der Waals surface area (Å²) >= 11 is 3.26. The van der Waals surface area contributed by atoms with E-state index >= 15 is 0 Å². The molecule has 0 bridgehead atoms. The van der Waals surface area contributed by atoms with Crippen LogP contribution in [0.15, 0.2) is 24.3 Å². The Kier molecular flexibility index (Phi) is 5.15. The summed E-state index contributed by atoms with van der Waals surface area (Å²) in [5, 5.41) is 2.72. The molecule has 1 N–H and O–H groups in total. The van der Waals surface area contributed by atoms with E-state index in [0.29, 0.717) is 17.7 Å². The average Bonchev–Trinajstić information content (AvgIpc) is 2.37. The Balaban J connectivity index is 2.79. The molecular formula is C12H14BrNO3. The van der Waals surface area contributed by atoms with Crippen LogP contribution in [0.4, 0.5) is 5.69 Å². The number of ether oxygens (including phenoxy) is 1. The van der Waals surface area contributed by atoms with E-state index in [4.69, 9.17) is 0 Å². The molecule has 0 aromatic heterocycles. The van der Waals surface area contributed by atoms with E-state index in [1.807, 2.05) is 6.92 Å². The lowest BCUT2D eigenvalue weighted by atomic mass is 10.2. The van der Waals surface area contributed by atoms with Crippen LogP contribution in [0.1, 0.15) is 23.7 Å². The fourth-order valence-electron chi connectivity index (χ4n) is 1.25. The van der Waals surface area contributed by atoms with Crippen molar-refractivity contribution in [1.82, 2.24) is 0 Å². The van der Waals surface area contributed by atoms with E-state index in [1.165, 1.54) is 7.11 Å². The molecule has 0 aliphatic carbocycles. The number of amides is 1. The summed E-state index contributed by atoms with van der Waals surface area (Å²) in [6.07, 6.45) is 0.697. The van der Waals surface area contributed by atoms with Crippen molar-refractivity contribution < 1.29 is 14.3 Å². The maximum atomic E-state index is 11.6. The molecule has 5 heteroatoms. The second kappa shape index (κ2) is 6.39. The highest BCUT2D eigenvalue weighted by atomic mass is 79.9. The van der Waals surface area contributed by atoms with Gasteiger partial charge in [-0.05, 0) is 24.6 Å². The number of hydrogen-bond acceptors (Lipinski definition) is 3. The highest BCUT2D eigenvalue weighted by Crippen LogP contribution is 2.14. The maximum Gasteiger partial charge on any atom is 0.337 e. The van der Waals surface area contributed by atoms with Crippen LogP contribution in [0.25, 0.3) is 0 Å². The quantitative estimate of drug-likeness (QED) is 0.687. The molecule has 1 rings (SSSR count). The van der Waals surface area contributed by atoms with E-state index in [9.17, 15) is 9.59 Å². The van der Waals surface area contributed by atoms with E-state index in [-0.39, 0.29) is 10.7 Å². The fraction of sp³-hybridized carbons (Fsp3) is 0.333. The van der Waals surface area contributed by atoms with Crippen molar-refractivity contribution >= 4 is 33.5 Å². The van der Waals surface area contributed by atoms with Crippen molar-refractivity contribution in [2.45, 2.75) is 18.2 Å². The first-order valence-electron chi connectivity index (χ1n) is 5.21. The van der Waals surface area contributed by atoms with Gasteiger partial charge in [0.25, 0.3) is 0 Å². The van der Waals surface area contributed by atoms with E-state index in [1.54, 1.807) is 24.3 Å². The minimum atomic E-state index is -0.424. The van der Waals surface area contributed by atoms with Crippen molar-refractivity contribution in [3.05, 3.63) is 29.8 Å². The lowest BCUT2D eigenvalue weighted by Gasteiger charge is -2.09. The van der Waals surface area contributed by atoms with Gasteiger partial charge in [0.15, 0.2) is 0 Å². The van der Waals surface area contributed by atoms with Gasteiger partial charge < -0.3 is 10.1 Å². The van der Waals surface area contributed by atoms with Gasteiger partial charge in [-0.2, -0.15) is 0 Å². The summed E-state index contributed by atoms with van der Waals surface area (Å²) in [5.41, 5.74) is 0.990. The summed E-state index contributed by atoms with van der Waals surface area (Å²) in [6, 6.07) is 6.63. The van der Waals surface area contributed by atoms with Gasteiger partial charge in [-0.15, -0.1) is 0 Å². The number of alkyl halides is 1. The summed E-state index contributed by atoms with van der Waals surface area (Å²) in [5.74, 6) is -0.554. The number of nitrogens with one attached hydrogen (secondary N) is 1. The van der Waals surface area contributed by atoms with Crippen LogP contribution in [0.5, 0.6) is 0 Å². The van der Waals surface area contributed by atoms with Crippen molar-refractivity contribution in [1.29, 1.82) is 0 Å². The first-order valence-corrected chi connectivity index (χ1v) is 6.13. The van der Waals surface area contributed by atoms with Crippen molar-refractivity contribution in [2.24, 2.45) is 0 Å². The molecule has 17 heavy (non-hydrogen) atoms. The summed E-state index contributed by atoms with van der Waals surface area (Å²) in [7, 11) is 1.32. The Labute approximate surface area is 108 Å². The molecule has 0 radical (unpaired) electrons. The molecule has 0 fully saturated rings. The molecule has 1 aromatic carbocycles. The minimum absolute atomic E-state index is 0.130. The monoisotopic (exact) mass is 299 g/mol. The molecule has 4 nitrogen and oxygen atoms in total. The second-order valence-corrected chi connectivity index (χ2v) is 4.54. The molecule has 0 aliphatic heterocycles. The Bertz CT molecular complexity index is 420. The van der Waals surface area contributed by atoms with Crippen LogP contribution >= 0.6 is 15.9 Å². The molecule has 0 saturated carbocycles. The summed E-state index contributed by atoms with van der Waals surface area (Å²) < 4.78 is 4.60. The molecule has 1 unspecified atom stereocenters. The average molecular weight is 300 g/mol. The smallest absolute Gasteiger partial charge is 0.337 e.